The summed E-state index contributed by atoms with van der Waals surface area (Å²) in [5.41, 5.74) is 7.34. The van der Waals surface area contributed by atoms with Crippen molar-refractivity contribution in [3.05, 3.63) is 35.4 Å². The second kappa shape index (κ2) is 4.97. The van der Waals surface area contributed by atoms with Gasteiger partial charge in [0.2, 0.25) is 0 Å². The molecule has 1 rings (SSSR count). The maximum atomic E-state index is 5.41. The molecule has 52 valence electrons. The van der Waals surface area contributed by atoms with Crippen molar-refractivity contribution in [3.63, 3.8) is 0 Å². The van der Waals surface area contributed by atoms with Gasteiger partial charge >= 0.3 is 32.7 Å². The van der Waals surface area contributed by atoms with Crippen LogP contribution in [0.2, 0.25) is 0 Å². The van der Waals surface area contributed by atoms with E-state index in [0.717, 1.165) is 11.1 Å². The minimum Gasteiger partial charge on any atom is -0.427 e. The average Bonchev–Trinajstić information content (AvgIpc) is 1.88. The molecule has 0 atom stereocenters. The van der Waals surface area contributed by atoms with Gasteiger partial charge in [-0.1, -0.05) is 6.92 Å². The maximum Gasteiger partial charge on any atom is 3.00 e. The minimum atomic E-state index is 0. The quantitative estimate of drug-likeness (QED) is 0.592. The molecule has 0 amide bonds. The summed E-state index contributed by atoms with van der Waals surface area (Å²) in [5, 5.41) is 0. The fourth-order valence-electron chi connectivity index (χ4n) is 0.787. The largest absolute Gasteiger partial charge is 3.00 e. The van der Waals surface area contributed by atoms with Crippen LogP contribution in [-0.2, 0) is 32.7 Å². The van der Waals surface area contributed by atoms with E-state index in [1.807, 2.05) is 25.1 Å². The van der Waals surface area contributed by atoms with Crippen molar-refractivity contribution in [1.29, 1.82) is 0 Å². The van der Waals surface area contributed by atoms with Crippen molar-refractivity contribution < 1.29 is 32.7 Å². The Balaban J connectivity index is 0.000001000. The molecule has 3 heteroatoms. The molecule has 0 unspecified atom stereocenters. The van der Waals surface area contributed by atoms with Gasteiger partial charge < -0.3 is 5.73 Å². The Morgan fingerprint density at radius 2 is 2.27 bits per heavy atom. The van der Waals surface area contributed by atoms with Crippen LogP contribution in [0.4, 0.5) is 0 Å². The number of hydrogen-bond acceptors (Lipinski definition) is 1. The first-order valence-electron chi connectivity index (χ1n) is 2.99. The summed E-state index contributed by atoms with van der Waals surface area (Å²) in [6.45, 7) is 1.96. The minimum absolute atomic E-state index is 0. The molecule has 0 spiro atoms. The first kappa shape index (κ1) is 11.2. The van der Waals surface area contributed by atoms with Gasteiger partial charge in [0.1, 0.15) is 0 Å². The molecule has 1 aromatic rings. The van der Waals surface area contributed by atoms with E-state index < -0.39 is 0 Å². The summed E-state index contributed by atoms with van der Waals surface area (Å²) in [6, 6.07) is 8.65. The van der Waals surface area contributed by atoms with Crippen LogP contribution in [0.25, 0.3) is 0 Å². The average molecular weight is 239 g/mol. The molecule has 0 radical (unpaired) electrons. The topological polar surface area (TPSA) is 26.0 Å². The van der Waals surface area contributed by atoms with Crippen molar-refractivity contribution >= 4 is 17.2 Å². The molecule has 0 aliphatic rings. The van der Waals surface area contributed by atoms with E-state index >= 15 is 0 Å². The zero-order chi connectivity index (χ0) is 7.56. The Bertz CT molecular complexity index is 260. The van der Waals surface area contributed by atoms with Crippen LogP contribution >= 0.6 is 12.2 Å². The summed E-state index contributed by atoms with van der Waals surface area (Å²) in [7, 11) is 0. The van der Waals surface area contributed by atoms with E-state index in [9.17, 15) is 0 Å². The van der Waals surface area contributed by atoms with E-state index in [4.69, 9.17) is 18.0 Å². The van der Waals surface area contributed by atoms with Crippen LogP contribution in [0.3, 0.4) is 0 Å². The summed E-state index contributed by atoms with van der Waals surface area (Å²) in [5.74, 6) is 0. The molecular weight excluding hydrogens is 231 g/mol. The summed E-state index contributed by atoms with van der Waals surface area (Å²) >= 11 is 4.80. The number of aryl methyl sites for hydroxylation is 1. The molecule has 0 saturated carbocycles. The first-order valence-corrected chi connectivity index (χ1v) is 3.40. The fourth-order valence-corrected chi connectivity index (χ4v) is 1.01. The molecular formula is C8H8NSY+2. The van der Waals surface area contributed by atoms with Crippen molar-refractivity contribution in [2.45, 2.75) is 6.92 Å². The van der Waals surface area contributed by atoms with Gasteiger partial charge in [-0.05, 0) is 0 Å². The van der Waals surface area contributed by atoms with Crippen molar-refractivity contribution in [2.75, 3.05) is 0 Å². The van der Waals surface area contributed by atoms with Gasteiger partial charge in [-0.2, -0.15) is 0 Å². The Kier molecular flexibility index (Phi) is 5.06. The van der Waals surface area contributed by atoms with E-state index in [1.54, 1.807) is 0 Å². The summed E-state index contributed by atoms with van der Waals surface area (Å²) < 4.78 is 0. The Morgan fingerprint density at radius 3 is 2.64 bits per heavy atom. The van der Waals surface area contributed by atoms with Crippen LogP contribution in [-0.4, -0.2) is 4.99 Å². The molecule has 1 aromatic carbocycles. The van der Waals surface area contributed by atoms with Gasteiger partial charge in [0, 0.05) is 4.99 Å². The number of thiocarbonyl (C=S) groups is 1. The number of nitrogens with two attached hydrogens (primary N) is 1. The zero-order valence-electron chi connectivity index (χ0n) is 6.29. The Labute approximate surface area is 97.2 Å². The van der Waals surface area contributed by atoms with Gasteiger partial charge in [0.05, 0.1) is 0 Å². The molecule has 11 heavy (non-hydrogen) atoms. The standard InChI is InChI=1S/C8H8NS.Y/c1-6-4-2-3-5-7(6)8(9)10;/h2-4H,1H3,(H2,9,10);/q-1;+3. The molecule has 0 aliphatic carbocycles. The predicted octanol–water partition coefficient (Wildman–Crippen LogP) is 1.43. The smallest absolute Gasteiger partial charge is 0.427 e. The molecule has 0 aromatic heterocycles. The van der Waals surface area contributed by atoms with Gasteiger partial charge in [-0.15, -0.1) is 47.6 Å². The van der Waals surface area contributed by atoms with Crippen LogP contribution < -0.4 is 5.73 Å². The van der Waals surface area contributed by atoms with Gasteiger partial charge in [-0.25, -0.2) is 0 Å². The third-order valence-corrected chi connectivity index (χ3v) is 1.51. The third kappa shape index (κ3) is 2.98. The molecule has 0 heterocycles. The normalized spacial score (nSPS) is 8.45. The monoisotopic (exact) mass is 239 g/mol. The van der Waals surface area contributed by atoms with Gasteiger partial charge in [0.25, 0.3) is 0 Å². The van der Waals surface area contributed by atoms with E-state index in [1.165, 1.54) is 0 Å². The third-order valence-electron chi connectivity index (χ3n) is 1.31. The van der Waals surface area contributed by atoms with Gasteiger partial charge in [0.15, 0.2) is 0 Å². The number of rotatable bonds is 1. The van der Waals surface area contributed by atoms with Crippen LogP contribution in [0, 0.1) is 13.0 Å². The second-order valence-corrected chi connectivity index (χ2v) is 2.53. The van der Waals surface area contributed by atoms with Crippen LogP contribution in [0.5, 0.6) is 0 Å². The molecule has 0 aliphatic heterocycles. The van der Waals surface area contributed by atoms with Gasteiger partial charge in [-0.3, -0.25) is 0 Å². The second-order valence-electron chi connectivity index (χ2n) is 2.09. The van der Waals surface area contributed by atoms with Crippen LogP contribution in [0.1, 0.15) is 11.1 Å². The Hall–Kier alpha value is 0.214. The zero-order valence-corrected chi connectivity index (χ0v) is 9.95. The molecule has 0 saturated heterocycles. The maximum absolute atomic E-state index is 5.41. The fraction of sp³-hybridized carbons (Fsp3) is 0.125. The summed E-state index contributed by atoms with van der Waals surface area (Å²) in [4.78, 5) is 0.415. The van der Waals surface area contributed by atoms with Crippen molar-refractivity contribution in [2.24, 2.45) is 5.73 Å². The van der Waals surface area contributed by atoms with E-state index in [2.05, 4.69) is 6.07 Å². The predicted molar refractivity (Wildman–Crippen MR) is 45.9 cm³/mol. The molecule has 0 bridgehead atoms. The van der Waals surface area contributed by atoms with Crippen LogP contribution in [0.15, 0.2) is 18.2 Å². The van der Waals surface area contributed by atoms with Crippen molar-refractivity contribution in [1.82, 2.24) is 0 Å². The van der Waals surface area contributed by atoms with Crippen molar-refractivity contribution in [3.8, 4) is 0 Å². The number of hydrogen-bond donors (Lipinski definition) is 1. The number of benzene rings is 1. The molecule has 1 nitrogen and oxygen atoms in total. The van der Waals surface area contributed by atoms with E-state index in [-0.39, 0.29) is 32.7 Å². The van der Waals surface area contributed by atoms with E-state index in [0.29, 0.717) is 4.99 Å². The molecule has 2 N–H and O–H groups in total. The first-order chi connectivity index (χ1) is 4.72. The molecule has 0 fully saturated rings. The Morgan fingerprint density at radius 1 is 1.64 bits per heavy atom. The summed E-state index contributed by atoms with van der Waals surface area (Å²) in [6.07, 6.45) is 0. The SMILES string of the molecule is Cc1ccc[c-]c1C(N)=S.[Y+3].